The molecule has 6 rings (SSSR count). The maximum absolute atomic E-state index is 13.9. The fraction of sp³-hybridized carbons (Fsp3) is 0.121. The lowest BCUT2D eigenvalue weighted by Gasteiger charge is -2.19. The molecule has 0 radical (unpaired) electrons. The van der Waals surface area contributed by atoms with Crippen LogP contribution < -0.4 is 21.9 Å². The van der Waals surface area contributed by atoms with E-state index in [9.17, 15) is 4.79 Å². The van der Waals surface area contributed by atoms with Crippen LogP contribution >= 0.6 is 0 Å². The van der Waals surface area contributed by atoms with Crippen molar-refractivity contribution in [3.05, 3.63) is 124 Å². The van der Waals surface area contributed by atoms with Crippen LogP contribution in [0.3, 0.4) is 0 Å². The second-order valence-electron chi connectivity index (χ2n) is 10.4. The molecule has 10 heteroatoms. The Balaban J connectivity index is 1.40. The standard InChI is InChI=1S/C33H30N8O2/c1-18(2)39-33-40-24-13-12-22(15-26(24)43-33)29(34)28-30(35)37-17-38-31(28)36-16-23-14-21-10-7-9-20(4)27(21)32(42)41(23)25-11-6-5-8-19(25)3/h5-15,17,34H,1,16H2,2-4H3,(H,39,40)(H3,35,36,37,38). The van der Waals surface area contributed by atoms with E-state index in [1.165, 1.54) is 6.33 Å². The highest BCUT2D eigenvalue weighted by Crippen LogP contribution is 2.27. The van der Waals surface area contributed by atoms with Gasteiger partial charge < -0.3 is 20.8 Å². The van der Waals surface area contributed by atoms with Gasteiger partial charge >= 0.3 is 0 Å². The van der Waals surface area contributed by atoms with Gasteiger partial charge in [-0.15, -0.1) is 0 Å². The van der Waals surface area contributed by atoms with E-state index in [4.69, 9.17) is 15.6 Å². The summed E-state index contributed by atoms with van der Waals surface area (Å²) in [6, 6.07) is 21.2. The zero-order chi connectivity index (χ0) is 30.2. The Kier molecular flexibility index (Phi) is 6.95. The molecule has 10 nitrogen and oxygen atoms in total. The van der Waals surface area contributed by atoms with Crippen molar-refractivity contribution < 1.29 is 4.42 Å². The van der Waals surface area contributed by atoms with Crippen molar-refractivity contribution in [1.82, 2.24) is 19.5 Å². The SMILES string of the molecule is C=C(C)Nc1nc2ccc(C(=N)c3c(N)ncnc3NCc3cc4cccc(C)c4c(=O)n3-c3ccccc3C)cc2o1. The number of anilines is 3. The third kappa shape index (κ3) is 5.10. The van der Waals surface area contributed by atoms with Gasteiger partial charge in [-0.1, -0.05) is 49.0 Å². The van der Waals surface area contributed by atoms with Crippen molar-refractivity contribution in [2.45, 2.75) is 27.3 Å². The summed E-state index contributed by atoms with van der Waals surface area (Å²) in [6.45, 7) is 9.79. The van der Waals surface area contributed by atoms with Crippen molar-refractivity contribution in [2.24, 2.45) is 0 Å². The number of nitrogens with zero attached hydrogens (tertiary/aromatic N) is 4. The Hall–Kier alpha value is -5.77. The van der Waals surface area contributed by atoms with Crippen molar-refractivity contribution >= 4 is 45.2 Å². The Morgan fingerprint density at radius 2 is 1.84 bits per heavy atom. The largest absolute Gasteiger partial charge is 0.423 e. The third-order valence-electron chi connectivity index (χ3n) is 7.25. The number of aryl methyl sites for hydroxylation is 2. The molecule has 0 spiro atoms. The molecular weight excluding hydrogens is 540 g/mol. The number of nitrogens with one attached hydrogen (secondary N) is 3. The van der Waals surface area contributed by atoms with Crippen LogP contribution in [-0.2, 0) is 6.54 Å². The van der Waals surface area contributed by atoms with Gasteiger partial charge in [-0.3, -0.25) is 14.8 Å². The van der Waals surface area contributed by atoms with Gasteiger partial charge in [-0.05, 0) is 61.5 Å². The van der Waals surface area contributed by atoms with Gasteiger partial charge in [0.25, 0.3) is 11.6 Å². The van der Waals surface area contributed by atoms with Gasteiger partial charge in [0.05, 0.1) is 28.9 Å². The Bertz CT molecular complexity index is 2130. The maximum Gasteiger partial charge on any atom is 0.299 e. The molecule has 214 valence electrons. The minimum atomic E-state index is -0.0993. The van der Waals surface area contributed by atoms with Gasteiger partial charge in [0.15, 0.2) is 5.58 Å². The van der Waals surface area contributed by atoms with Crippen LogP contribution in [0.25, 0.3) is 27.6 Å². The number of pyridine rings is 1. The second kappa shape index (κ2) is 10.9. The molecule has 3 aromatic heterocycles. The molecule has 3 heterocycles. The summed E-state index contributed by atoms with van der Waals surface area (Å²) in [7, 11) is 0. The van der Waals surface area contributed by atoms with Crippen LogP contribution in [0.4, 0.5) is 17.7 Å². The molecule has 0 bridgehead atoms. The molecular formula is C33H30N8O2. The van der Waals surface area contributed by atoms with Gasteiger partial charge in [0.2, 0.25) is 0 Å². The highest BCUT2D eigenvalue weighted by atomic mass is 16.4. The highest BCUT2D eigenvalue weighted by molar-refractivity contribution is 6.17. The molecule has 43 heavy (non-hydrogen) atoms. The minimum absolute atomic E-state index is 0.0993. The predicted octanol–water partition coefficient (Wildman–Crippen LogP) is 6.09. The number of allylic oxidation sites excluding steroid dienone is 1. The van der Waals surface area contributed by atoms with E-state index >= 15 is 0 Å². The lowest BCUT2D eigenvalue weighted by molar-refractivity contribution is 0.620. The van der Waals surface area contributed by atoms with Gasteiger partial charge in [0, 0.05) is 17.0 Å². The second-order valence-corrected chi connectivity index (χ2v) is 10.4. The summed E-state index contributed by atoms with van der Waals surface area (Å²) < 4.78 is 7.54. The molecule has 5 N–H and O–H groups in total. The van der Waals surface area contributed by atoms with Crippen molar-refractivity contribution in [2.75, 3.05) is 16.4 Å². The van der Waals surface area contributed by atoms with Gasteiger partial charge in [0.1, 0.15) is 23.5 Å². The Labute approximate surface area is 247 Å². The lowest BCUT2D eigenvalue weighted by atomic mass is 10.0. The molecule has 6 aromatic rings. The fourth-order valence-corrected chi connectivity index (χ4v) is 5.21. The zero-order valence-electron chi connectivity index (χ0n) is 24.0. The van der Waals surface area contributed by atoms with E-state index in [0.717, 1.165) is 27.9 Å². The summed E-state index contributed by atoms with van der Waals surface area (Å²) in [4.78, 5) is 26.9. The first-order chi connectivity index (χ1) is 20.7. The summed E-state index contributed by atoms with van der Waals surface area (Å²) in [5, 5.41) is 16.9. The number of oxazole rings is 1. The van der Waals surface area contributed by atoms with Crippen LogP contribution in [-0.4, -0.2) is 25.2 Å². The smallest absolute Gasteiger partial charge is 0.299 e. The summed E-state index contributed by atoms with van der Waals surface area (Å²) in [5.41, 5.74) is 12.5. The molecule has 0 fully saturated rings. The average Bonchev–Trinajstić information content (AvgIpc) is 3.37. The number of para-hydroxylation sites is 1. The topological polar surface area (TPSA) is 148 Å². The van der Waals surface area contributed by atoms with Crippen LogP contribution in [0.5, 0.6) is 0 Å². The first-order valence-electron chi connectivity index (χ1n) is 13.7. The summed E-state index contributed by atoms with van der Waals surface area (Å²) in [5.74, 6) is 0.517. The van der Waals surface area contributed by atoms with Crippen molar-refractivity contribution in [1.29, 1.82) is 5.41 Å². The van der Waals surface area contributed by atoms with E-state index in [0.29, 0.717) is 45.1 Å². The van der Waals surface area contributed by atoms with E-state index in [1.807, 2.05) is 69.3 Å². The minimum Gasteiger partial charge on any atom is -0.423 e. The number of hydrogen-bond donors (Lipinski definition) is 4. The molecule has 0 atom stereocenters. The zero-order valence-corrected chi connectivity index (χ0v) is 24.0. The molecule has 0 unspecified atom stereocenters. The third-order valence-corrected chi connectivity index (χ3v) is 7.25. The number of rotatable bonds is 8. The molecule has 3 aromatic carbocycles. The van der Waals surface area contributed by atoms with E-state index in [2.05, 4.69) is 32.2 Å². The van der Waals surface area contributed by atoms with Gasteiger partial charge in [-0.25, -0.2) is 9.97 Å². The lowest BCUT2D eigenvalue weighted by Crippen LogP contribution is -2.25. The normalized spacial score (nSPS) is 11.1. The number of aromatic nitrogens is 4. The van der Waals surface area contributed by atoms with E-state index in [1.54, 1.807) is 22.8 Å². The number of benzene rings is 3. The van der Waals surface area contributed by atoms with Crippen LogP contribution in [0.2, 0.25) is 0 Å². The molecule has 0 aliphatic carbocycles. The molecule has 0 aliphatic rings. The summed E-state index contributed by atoms with van der Waals surface area (Å²) in [6.07, 6.45) is 1.35. The van der Waals surface area contributed by atoms with Gasteiger partial charge in [-0.2, -0.15) is 4.98 Å². The van der Waals surface area contributed by atoms with Crippen LogP contribution in [0.15, 0.2) is 94.5 Å². The molecule has 0 aliphatic heterocycles. The molecule has 0 saturated heterocycles. The Morgan fingerprint density at radius 1 is 1.05 bits per heavy atom. The summed E-state index contributed by atoms with van der Waals surface area (Å²) >= 11 is 0. The monoisotopic (exact) mass is 570 g/mol. The fourth-order valence-electron chi connectivity index (χ4n) is 5.21. The maximum atomic E-state index is 13.9. The first-order valence-corrected chi connectivity index (χ1v) is 13.7. The molecule has 0 saturated carbocycles. The van der Waals surface area contributed by atoms with E-state index in [-0.39, 0.29) is 23.6 Å². The average molecular weight is 571 g/mol. The van der Waals surface area contributed by atoms with Crippen LogP contribution in [0, 0.1) is 19.3 Å². The first kappa shape index (κ1) is 27.4. The number of nitrogen functional groups attached to an aromatic ring is 1. The predicted molar refractivity (Wildman–Crippen MR) is 171 cm³/mol. The van der Waals surface area contributed by atoms with Crippen LogP contribution in [0.1, 0.15) is 34.9 Å². The number of hydrogen-bond acceptors (Lipinski definition) is 9. The Morgan fingerprint density at radius 3 is 2.63 bits per heavy atom. The van der Waals surface area contributed by atoms with Crippen molar-refractivity contribution in [3.8, 4) is 5.69 Å². The quantitative estimate of drug-likeness (QED) is 0.161. The molecule has 0 amide bonds. The van der Waals surface area contributed by atoms with Crippen molar-refractivity contribution in [3.63, 3.8) is 0 Å². The number of nitrogens with two attached hydrogens (primary N) is 1. The number of fused-ring (bicyclic) bond motifs is 2. The van der Waals surface area contributed by atoms with E-state index < -0.39 is 0 Å². The highest BCUT2D eigenvalue weighted by Gasteiger charge is 2.19.